The van der Waals surface area contributed by atoms with Gasteiger partial charge >= 0.3 is 0 Å². The van der Waals surface area contributed by atoms with Crippen molar-refractivity contribution in [1.82, 2.24) is 10.2 Å². The summed E-state index contributed by atoms with van der Waals surface area (Å²) in [5.74, 6) is -0.282. The summed E-state index contributed by atoms with van der Waals surface area (Å²) in [7, 11) is 1.71. The van der Waals surface area contributed by atoms with E-state index in [1.807, 2.05) is 0 Å². The Morgan fingerprint density at radius 3 is 2.95 bits per heavy atom. The molecule has 1 heterocycles. The summed E-state index contributed by atoms with van der Waals surface area (Å²) < 4.78 is 13.7. The van der Waals surface area contributed by atoms with Crippen LogP contribution in [-0.4, -0.2) is 30.4 Å². The summed E-state index contributed by atoms with van der Waals surface area (Å²) in [6, 6.07) is 4.93. The molecule has 1 aromatic carbocycles. The second-order valence-corrected chi connectivity index (χ2v) is 5.88. The zero-order valence-electron chi connectivity index (χ0n) is 11.8. The van der Waals surface area contributed by atoms with E-state index in [1.165, 1.54) is 6.07 Å². The molecule has 1 aromatic rings. The fourth-order valence-electron chi connectivity index (χ4n) is 2.67. The van der Waals surface area contributed by atoms with Crippen LogP contribution in [0.25, 0.3) is 0 Å². The van der Waals surface area contributed by atoms with Crippen LogP contribution in [0.2, 0.25) is 5.02 Å². The number of carbonyl (C=O) groups is 1. The lowest BCUT2D eigenvalue weighted by Gasteiger charge is -2.30. The smallest absolute Gasteiger partial charge is 0.225 e. The van der Waals surface area contributed by atoms with Crippen LogP contribution in [0.3, 0.4) is 0 Å². The Morgan fingerprint density at radius 1 is 1.55 bits per heavy atom. The lowest BCUT2D eigenvalue weighted by molar-refractivity contribution is -0.135. The topological polar surface area (TPSA) is 32.3 Å². The third kappa shape index (κ3) is 3.49. The molecule has 5 heteroatoms. The number of nitrogens with one attached hydrogen (secondary N) is 1. The SMILES string of the molecule is CC1CC(C(=O)N(C)Cc2c(F)cccc2Cl)CCN1. The van der Waals surface area contributed by atoms with E-state index >= 15 is 0 Å². The van der Waals surface area contributed by atoms with E-state index in [9.17, 15) is 9.18 Å². The molecule has 20 heavy (non-hydrogen) atoms. The van der Waals surface area contributed by atoms with E-state index in [0.29, 0.717) is 16.6 Å². The number of nitrogens with zero attached hydrogens (tertiary/aromatic N) is 1. The highest BCUT2D eigenvalue weighted by Gasteiger charge is 2.27. The first-order valence-electron chi connectivity index (χ1n) is 6.90. The number of rotatable bonds is 3. The summed E-state index contributed by atoms with van der Waals surface area (Å²) in [6.07, 6.45) is 1.66. The highest BCUT2D eigenvalue weighted by molar-refractivity contribution is 6.31. The molecule has 1 aliphatic heterocycles. The van der Waals surface area contributed by atoms with Crippen molar-refractivity contribution >= 4 is 17.5 Å². The Kier molecular flexibility index (Phi) is 5.00. The maximum absolute atomic E-state index is 13.7. The lowest BCUT2D eigenvalue weighted by atomic mass is 9.92. The average molecular weight is 299 g/mol. The van der Waals surface area contributed by atoms with Gasteiger partial charge in [-0.25, -0.2) is 4.39 Å². The molecule has 1 amide bonds. The Labute approximate surface area is 124 Å². The molecule has 2 atom stereocenters. The number of carbonyl (C=O) groups excluding carboxylic acids is 1. The van der Waals surface area contributed by atoms with Gasteiger partial charge in [-0.05, 0) is 38.4 Å². The summed E-state index contributed by atoms with van der Waals surface area (Å²) in [6.45, 7) is 3.14. The molecular formula is C15H20ClFN2O. The molecule has 0 bridgehead atoms. The summed E-state index contributed by atoms with van der Waals surface area (Å²) >= 11 is 6.00. The Morgan fingerprint density at radius 2 is 2.30 bits per heavy atom. The van der Waals surface area contributed by atoms with Gasteiger partial charge in [-0.15, -0.1) is 0 Å². The largest absolute Gasteiger partial charge is 0.341 e. The third-order valence-electron chi connectivity index (χ3n) is 3.81. The number of hydrogen-bond acceptors (Lipinski definition) is 2. The monoisotopic (exact) mass is 298 g/mol. The molecule has 1 saturated heterocycles. The number of amides is 1. The highest BCUT2D eigenvalue weighted by Crippen LogP contribution is 2.23. The van der Waals surface area contributed by atoms with E-state index in [-0.39, 0.29) is 24.2 Å². The molecular weight excluding hydrogens is 279 g/mol. The molecule has 3 nitrogen and oxygen atoms in total. The van der Waals surface area contributed by atoms with E-state index in [0.717, 1.165) is 19.4 Å². The average Bonchev–Trinajstić information content (AvgIpc) is 2.42. The van der Waals surface area contributed by atoms with Crippen LogP contribution in [0.4, 0.5) is 4.39 Å². The van der Waals surface area contributed by atoms with Crippen molar-refractivity contribution in [1.29, 1.82) is 0 Å². The van der Waals surface area contributed by atoms with Crippen LogP contribution in [0, 0.1) is 11.7 Å². The van der Waals surface area contributed by atoms with E-state index in [4.69, 9.17) is 11.6 Å². The summed E-state index contributed by atoms with van der Waals surface area (Å²) in [4.78, 5) is 14.0. The fraction of sp³-hybridized carbons (Fsp3) is 0.533. The van der Waals surface area contributed by atoms with E-state index in [2.05, 4.69) is 12.2 Å². The van der Waals surface area contributed by atoms with Gasteiger partial charge in [-0.3, -0.25) is 4.79 Å². The molecule has 1 fully saturated rings. The molecule has 0 saturated carbocycles. The maximum atomic E-state index is 13.7. The van der Waals surface area contributed by atoms with Gasteiger partial charge in [-0.1, -0.05) is 17.7 Å². The first kappa shape index (κ1) is 15.3. The number of benzene rings is 1. The summed E-state index contributed by atoms with van der Waals surface area (Å²) in [5, 5.41) is 3.69. The molecule has 0 spiro atoms. The van der Waals surface area contributed by atoms with Crippen LogP contribution in [-0.2, 0) is 11.3 Å². The van der Waals surface area contributed by atoms with Gasteiger partial charge in [0.15, 0.2) is 0 Å². The molecule has 110 valence electrons. The maximum Gasteiger partial charge on any atom is 0.225 e. The van der Waals surface area contributed by atoms with Gasteiger partial charge in [-0.2, -0.15) is 0 Å². The summed E-state index contributed by atoms with van der Waals surface area (Å²) in [5.41, 5.74) is 0.381. The van der Waals surface area contributed by atoms with E-state index < -0.39 is 0 Å². The first-order valence-corrected chi connectivity index (χ1v) is 7.28. The minimum absolute atomic E-state index is 0.0156. The fourth-order valence-corrected chi connectivity index (χ4v) is 2.89. The molecule has 0 aliphatic carbocycles. The van der Waals surface area contributed by atoms with Crippen molar-refractivity contribution in [2.24, 2.45) is 5.92 Å². The van der Waals surface area contributed by atoms with Crippen LogP contribution in [0.1, 0.15) is 25.3 Å². The van der Waals surface area contributed by atoms with Crippen molar-refractivity contribution in [3.05, 3.63) is 34.6 Å². The van der Waals surface area contributed by atoms with Crippen molar-refractivity contribution in [2.75, 3.05) is 13.6 Å². The Balaban J connectivity index is 2.04. The van der Waals surface area contributed by atoms with E-state index in [1.54, 1.807) is 24.1 Å². The first-order chi connectivity index (χ1) is 9.49. The second kappa shape index (κ2) is 6.55. The minimum atomic E-state index is -0.365. The zero-order chi connectivity index (χ0) is 14.7. The number of piperidine rings is 1. The third-order valence-corrected chi connectivity index (χ3v) is 4.16. The predicted octanol–water partition coefficient (Wildman–Crippen LogP) is 2.83. The van der Waals surface area contributed by atoms with Crippen LogP contribution < -0.4 is 5.32 Å². The Bertz CT molecular complexity index is 475. The lowest BCUT2D eigenvalue weighted by Crippen LogP contribution is -2.42. The van der Waals surface area contributed by atoms with Crippen molar-refractivity contribution in [3.63, 3.8) is 0 Å². The van der Waals surface area contributed by atoms with Crippen molar-refractivity contribution in [3.8, 4) is 0 Å². The number of halogens is 2. The van der Waals surface area contributed by atoms with Gasteiger partial charge in [0.05, 0.1) is 0 Å². The zero-order valence-corrected chi connectivity index (χ0v) is 12.6. The molecule has 2 rings (SSSR count). The predicted molar refractivity (Wildman–Crippen MR) is 78.1 cm³/mol. The molecule has 0 aromatic heterocycles. The highest BCUT2D eigenvalue weighted by atomic mass is 35.5. The quantitative estimate of drug-likeness (QED) is 0.930. The van der Waals surface area contributed by atoms with Gasteiger partial charge in [0.2, 0.25) is 5.91 Å². The van der Waals surface area contributed by atoms with Crippen LogP contribution in [0.15, 0.2) is 18.2 Å². The van der Waals surface area contributed by atoms with Crippen molar-refractivity contribution < 1.29 is 9.18 Å². The van der Waals surface area contributed by atoms with Gasteiger partial charge in [0.1, 0.15) is 5.82 Å². The number of hydrogen-bond donors (Lipinski definition) is 1. The molecule has 2 unspecified atom stereocenters. The molecule has 1 aliphatic rings. The van der Waals surface area contributed by atoms with Gasteiger partial charge < -0.3 is 10.2 Å². The van der Waals surface area contributed by atoms with Crippen molar-refractivity contribution in [2.45, 2.75) is 32.4 Å². The second-order valence-electron chi connectivity index (χ2n) is 5.47. The normalized spacial score (nSPS) is 22.6. The van der Waals surface area contributed by atoms with Crippen LogP contribution >= 0.6 is 11.6 Å². The van der Waals surface area contributed by atoms with Gasteiger partial charge in [0.25, 0.3) is 0 Å². The molecule has 1 N–H and O–H groups in total. The molecule has 0 radical (unpaired) electrons. The van der Waals surface area contributed by atoms with Crippen LogP contribution in [0.5, 0.6) is 0 Å². The standard InChI is InChI=1S/C15H20ClFN2O/c1-10-8-11(6-7-18-10)15(20)19(2)9-12-13(16)4-3-5-14(12)17/h3-5,10-11,18H,6-9H2,1-2H3. The minimum Gasteiger partial charge on any atom is -0.341 e. The Hall–Kier alpha value is -1.13. The van der Waals surface area contributed by atoms with Gasteiger partial charge in [0, 0.05) is 36.1 Å².